The third kappa shape index (κ3) is 4.86. The van der Waals surface area contributed by atoms with E-state index in [9.17, 15) is 18.4 Å². The van der Waals surface area contributed by atoms with E-state index in [1.807, 2.05) is 0 Å². The molecule has 0 bridgehead atoms. The Balaban J connectivity index is 1.24. The zero-order valence-electron chi connectivity index (χ0n) is 17.4. The number of benzene rings is 2. The SMILES string of the molecule is COC(=O)c1ccc(C(=O)NCCN2CCN(c3nc4c(F)cc(F)cc4s3)CC2)cc1. The number of anilines is 1. The van der Waals surface area contributed by atoms with E-state index in [0.29, 0.717) is 47.1 Å². The van der Waals surface area contributed by atoms with Gasteiger partial charge in [-0.15, -0.1) is 0 Å². The van der Waals surface area contributed by atoms with Gasteiger partial charge in [0.05, 0.1) is 17.4 Å². The number of hydrogen-bond acceptors (Lipinski definition) is 7. The van der Waals surface area contributed by atoms with Gasteiger partial charge in [-0.1, -0.05) is 11.3 Å². The third-order valence-corrected chi connectivity index (χ3v) is 6.39. The predicted octanol–water partition coefficient (Wildman–Crippen LogP) is 2.91. The van der Waals surface area contributed by atoms with Gasteiger partial charge in [0.1, 0.15) is 11.3 Å². The molecule has 0 atom stereocenters. The van der Waals surface area contributed by atoms with Crippen molar-refractivity contribution in [3.8, 4) is 0 Å². The predicted molar refractivity (Wildman–Crippen MR) is 118 cm³/mol. The topological polar surface area (TPSA) is 74.8 Å². The minimum Gasteiger partial charge on any atom is -0.465 e. The standard InChI is InChI=1S/C22H22F2N4O3S/c1-31-21(30)15-4-2-14(3-5-15)20(29)25-6-7-27-8-10-28(11-9-27)22-26-19-17(24)12-16(23)13-18(19)32-22/h2-5,12-13H,6-11H2,1H3,(H,25,29). The second-order valence-electron chi connectivity index (χ2n) is 7.38. The first-order valence-electron chi connectivity index (χ1n) is 10.1. The van der Waals surface area contributed by atoms with E-state index in [-0.39, 0.29) is 11.4 Å². The van der Waals surface area contributed by atoms with Gasteiger partial charge in [0, 0.05) is 50.9 Å². The number of amides is 1. The van der Waals surface area contributed by atoms with Crippen LogP contribution in [-0.2, 0) is 4.74 Å². The number of nitrogens with zero attached hydrogens (tertiary/aromatic N) is 3. The molecule has 1 aromatic heterocycles. The van der Waals surface area contributed by atoms with Gasteiger partial charge in [-0.3, -0.25) is 9.69 Å². The Labute approximate surface area is 187 Å². The summed E-state index contributed by atoms with van der Waals surface area (Å²) in [6, 6.07) is 8.46. The van der Waals surface area contributed by atoms with Crippen LogP contribution in [0.15, 0.2) is 36.4 Å². The number of carbonyl (C=O) groups excluding carboxylic acids is 2. The molecule has 1 amide bonds. The monoisotopic (exact) mass is 460 g/mol. The lowest BCUT2D eigenvalue weighted by atomic mass is 10.1. The Bertz CT molecular complexity index is 1130. The molecule has 0 radical (unpaired) electrons. The number of fused-ring (bicyclic) bond motifs is 1. The quantitative estimate of drug-likeness (QED) is 0.571. The van der Waals surface area contributed by atoms with E-state index in [4.69, 9.17) is 0 Å². The minimum absolute atomic E-state index is 0.205. The fraction of sp³-hybridized carbons (Fsp3) is 0.318. The number of methoxy groups -OCH3 is 1. The Morgan fingerprint density at radius 3 is 2.47 bits per heavy atom. The van der Waals surface area contributed by atoms with E-state index >= 15 is 0 Å². The number of ether oxygens (including phenoxy) is 1. The number of esters is 1. The number of piperazine rings is 1. The van der Waals surface area contributed by atoms with E-state index < -0.39 is 17.6 Å². The van der Waals surface area contributed by atoms with E-state index in [0.717, 1.165) is 19.2 Å². The van der Waals surface area contributed by atoms with E-state index in [1.165, 1.54) is 24.5 Å². The summed E-state index contributed by atoms with van der Waals surface area (Å²) in [4.78, 5) is 32.4. The first-order valence-corrected chi connectivity index (χ1v) is 11.0. The molecule has 2 heterocycles. The highest BCUT2D eigenvalue weighted by Crippen LogP contribution is 2.31. The van der Waals surface area contributed by atoms with E-state index in [2.05, 4.69) is 24.8 Å². The molecule has 168 valence electrons. The summed E-state index contributed by atoms with van der Waals surface area (Å²) in [6.45, 7) is 4.16. The van der Waals surface area contributed by atoms with Crippen LogP contribution >= 0.6 is 11.3 Å². The average Bonchev–Trinajstić information content (AvgIpc) is 3.23. The van der Waals surface area contributed by atoms with Gasteiger partial charge in [0.15, 0.2) is 10.9 Å². The van der Waals surface area contributed by atoms with Crippen molar-refractivity contribution >= 4 is 38.6 Å². The molecule has 7 nitrogen and oxygen atoms in total. The highest BCUT2D eigenvalue weighted by Gasteiger charge is 2.21. The van der Waals surface area contributed by atoms with Crippen molar-refractivity contribution in [2.24, 2.45) is 0 Å². The number of aromatic nitrogens is 1. The van der Waals surface area contributed by atoms with Gasteiger partial charge in [0.2, 0.25) is 0 Å². The second-order valence-corrected chi connectivity index (χ2v) is 8.39. The van der Waals surface area contributed by atoms with Crippen LogP contribution in [0.3, 0.4) is 0 Å². The molecule has 3 aromatic rings. The van der Waals surface area contributed by atoms with Crippen molar-refractivity contribution in [3.05, 3.63) is 59.2 Å². The summed E-state index contributed by atoms with van der Waals surface area (Å²) in [7, 11) is 1.31. The van der Waals surface area contributed by atoms with Gasteiger partial charge in [0.25, 0.3) is 5.91 Å². The largest absolute Gasteiger partial charge is 0.465 e. The molecule has 2 aromatic carbocycles. The zero-order valence-corrected chi connectivity index (χ0v) is 18.3. The molecular weight excluding hydrogens is 438 g/mol. The maximum absolute atomic E-state index is 13.9. The Hall–Kier alpha value is -3.11. The molecule has 0 saturated carbocycles. The number of rotatable bonds is 6. The van der Waals surface area contributed by atoms with Crippen molar-refractivity contribution < 1.29 is 23.1 Å². The number of carbonyl (C=O) groups is 2. The highest BCUT2D eigenvalue weighted by molar-refractivity contribution is 7.22. The lowest BCUT2D eigenvalue weighted by molar-refractivity contribution is 0.0600. The Kier molecular flexibility index (Phi) is 6.61. The molecule has 1 fully saturated rings. The van der Waals surface area contributed by atoms with Crippen LogP contribution in [0.1, 0.15) is 20.7 Å². The molecule has 0 spiro atoms. The van der Waals surface area contributed by atoms with Crippen LogP contribution in [0.25, 0.3) is 10.2 Å². The summed E-state index contributed by atoms with van der Waals surface area (Å²) in [5, 5.41) is 3.57. The molecular formula is C22H22F2N4O3S. The van der Waals surface area contributed by atoms with Crippen molar-refractivity contribution in [2.45, 2.75) is 0 Å². The molecule has 1 N–H and O–H groups in total. The average molecular weight is 461 g/mol. The number of halogens is 2. The van der Waals surface area contributed by atoms with Gasteiger partial charge >= 0.3 is 5.97 Å². The van der Waals surface area contributed by atoms with Gasteiger partial charge in [-0.25, -0.2) is 18.6 Å². The second kappa shape index (κ2) is 9.58. The number of nitrogens with one attached hydrogen (secondary N) is 1. The lowest BCUT2D eigenvalue weighted by Gasteiger charge is -2.34. The van der Waals surface area contributed by atoms with Crippen LogP contribution in [0.4, 0.5) is 13.9 Å². The van der Waals surface area contributed by atoms with Crippen LogP contribution in [-0.4, -0.2) is 68.1 Å². The smallest absolute Gasteiger partial charge is 0.337 e. The van der Waals surface area contributed by atoms with Gasteiger partial charge < -0.3 is 15.0 Å². The molecule has 0 unspecified atom stereocenters. The Morgan fingerprint density at radius 2 is 1.78 bits per heavy atom. The maximum Gasteiger partial charge on any atom is 0.337 e. The third-order valence-electron chi connectivity index (χ3n) is 5.33. The summed E-state index contributed by atoms with van der Waals surface area (Å²) in [5.41, 5.74) is 1.07. The Morgan fingerprint density at radius 1 is 1.09 bits per heavy atom. The van der Waals surface area contributed by atoms with Crippen molar-refractivity contribution in [2.75, 3.05) is 51.3 Å². The summed E-state index contributed by atoms with van der Waals surface area (Å²) < 4.78 is 32.5. The fourth-order valence-corrected chi connectivity index (χ4v) is 4.61. The summed E-state index contributed by atoms with van der Waals surface area (Å²) in [6.07, 6.45) is 0. The molecule has 1 aliphatic rings. The normalized spacial score (nSPS) is 14.5. The first-order chi connectivity index (χ1) is 15.4. The number of hydrogen-bond donors (Lipinski definition) is 1. The minimum atomic E-state index is -0.642. The van der Waals surface area contributed by atoms with Crippen molar-refractivity contribution in [1.82, 2.24) is 15.2 Å². The van der Waals surface area contributed by atoms with Crippen LogP contribution in [0.2, 0.25) is 0 Å². The maximum atomic E-state index is 13.9. The summed E-state index contributed by atoms with van der Waals surface area (Å²) >= 11 is 1.29. The molecule has 1 saturated heterocycles. The molecule has 10 heteroatoms. The van der Waals surface area contributed by atoms with Gasteiger partial charge in [-0.2, -0.15) is 0 Å². The first kappa shape index (κ1) is 22.1. The molecule has 32 heavy (non-hydrogen) atoms. The van der Waals surface area contributed by atoms with Crippen molar-refractivity contribution in [3.63, 3.8) is 0 Å². The number of thiazole rings is 1. The highest BCUT2D eigenvalue weighted by atomic mass is 32.1. The lowest BCUT2D eigenvalue weighted by Crippen LogP contribution is -2.48. The van der Waals surface area contributed by atoms with Crippen molar-refractivity contribution in [1.29, 1.82) is 0 Å². The fourth-order valence-electron chi connectivity index (χ4n) is 3.55. The van der Waals surface area contributed by atoms with Gasteiger partial charge in [-0.05, 0) is 30.3 Å². The van der Waals surface area contributed by atoms with Crippen LogP contribution in [0.5, 0.6) is 0 Å². The van der Waals surface area contributed by atoms with E-state index in [1.54, 1.807) is 24.3 Å². The zero-order chi connectivity index (χ0) is 22.7. The summed E-state index contributed by atoms with van der Waals surface area (Å²) in [5.74, 6) is -1.89. The molecule has 1 aliphatic heterocycles. The van der Waals surface area contributed by atoms with Crippen LogP contribution in [0, 0.1) is 11.6 Å². The molecule has 0 aliphatic carbocycles. The van der Waals surface area contributed by atoms with Crippen LogP contribution < -0.4 is 10.2 Å². The molecule has 4 rings (SSSR count).